The topological polar surface area (TPSA) is 52.6 Å². The van der Waals surface area contributed by atoms with Crippen molar-refractivity contribution in [3.63, 3.8) is 0 Å². The Morgan fingerprint density at radius 1 is 1.11 bits per heavy atom. The van der Waals surface area contributed by atoms with Crippen molar-refractivity contribution in [3.05, 3.63) is 58.9 Å². The lowest BCUT2D eigenvalue weighted by Gasteiger charge is -2.35. The van der Waals surface area contributed by atoms with Gasteiger partial charge in [0.15, 0.2) is 5.11 Å². The molecule has 0 radical (unpaired) electrons. The molecule has 1 fully saturated rings. The molecule has 27 heavy (non-hydrogen) atoms. The predicted octanol–water partition coefficient (Wildman–Crippen LogP) is 3.49. The number of hydrogen-bond donors (Lipinski definition) is 1. The molecule has 2 aromatic carbocycles. The van der Waals surface area contributed by atoms with Gasteiger partial charge < -0.3 is 10.2 Å². The van der Waals surface area contributed by atoms with Crippen LogP contribution in [0.25, 0.3) is 0 Å². The van der Waals surface area contributed by atoms with E-state index in [1.165, 1.54) is 16.4 Å². The summed E-state index contributed by atoms with van der Waals surface area (Å²) < 4.78 is 39.8. The van der Waals surface area contributed by atoms with Gasteiger partial charge in [0.25, 0.3) is 0 Å². The Morgan fingerprint density at radius 2 is 1.74 bits per heavy atom. The molecule has 5 nitrogen and oxygen atoms in total. The second-order valence-corrected chi connectivity index (χ2v) is 8.92. The van der Waals surface area contributed by atoms with Crippen LogP contribution in [0.2, 0.25) is 5.02 Å². The van der Waals surface area contributed by atoms with E-state index in [0.29, 0.717) is 36.3 Å². The summed E-state index contributed by atoms with van der Waals surface area (Å²) in [6.45, 7) is 3.43. The molecule has 3 rings (SSSR count). The molecule has 0 aliphatic carbocycles. The van der Waals surface area contributed by atoms with E-state index >= 15 is 0 Å². The van der Waals surface area contributed by atoms with Crippen molar-refractivity contribution in [1.82, 2.24) is 9.21 Å². The third-order valence-corrected chi connectivity index (χ3v) is 7.17. The molecule has 9 heteroatoms. The summed E-state index contributed by atoms with van der Waals surface area (Å²) in [5.74, 6) is -0.466. The molecule has 1 aliphatic rings. The molecular weight excluding hydrogens is 409 g/mol. The molecule has 0 amide bonds. The van der Waals surface area contributed by atoms with Crippen molar-refractivity contribution >= 4 is 44.6 Å². The quantitative estimate of drug-likeness (QED) is 0.760. The zero-order valence-corrected chi connectivity index (χ0v) is 17.0. The van der Waals surface area contributed by atoms with Gasteiger partial charge in [0.1, 0.15) is 5.82 Å². The summed E-state index contributed by atoms with van der Waals surface area (Å²) in [7, 11) is -3.64. The largest absolute Gasteiger partial charge is 0.346 e. The predicted molar refractivity (Wildman–Crippen MR) is 109 cm³/mol. The van der Waals surface area contributed by atoms with E-state index in [2.05, 4.69) is 5.32 Å². The van der Waals surface area contributed by atoms with Gasteiger partial charge >= 0.3 is 0 Å². The first-order valence-corrected chi connectivity index (χ1v) is 10.6. The summed E-state index contributed by atoms with van der Waals surface area (Å²) in [6, 6.07) is 10.4. The molecule has 0 atom stereocenters. The molecule has 2 aromatic rings. The Labute approximate surface area is 168 Å². The highest BCUT2D eigenvalue weighted by molar-refractivity contribution is 7.89. The monoisotopic (exact) mass is 427 g/mol. The first-order valence-electron chi connectivity index (χ1n) is 8.36. The van der Waals surface area contributed by atoms with E-state index in [0.717, 1.165) is 23.4 Å². The number of nitrogens with one attached hydrogen (secondary N) is 1. The van der Waals surface area contributed by atoms with Crippen LogP contribution < -0.4 is 5.32 Å². The SMILES string of the molecule is Cc1c(Cl)cccc1NC(=S)N1CCN(S(=O)(=O)c2ccc(F)cc2)CC1. The average Bonchev–Trinajstić information content (AvgIpc) is 2.66. The van der Waals surface area contributed by atoms with Gasteiger partial charge in [-0.25, -0.2) is 12.8 Å². The Hall–Kier alpha value is -1.74. The molecule has 1 aliphatic heterocycles. The maximum atomic E-state index is 13.0. The molecule has 1 saturated heterocycles. The van der Waals surface area contributed by atoms with Crippen LogP contribution in [0, 0.1) is 12.7 Å². The first-order chi connectivity index (χ1) is 12.8. The van der Waals surface area contributed by atoms with Gasteiger partial charge in [-0.2, -0.15) is 4.31 Å². The summed E-state index contributed by atoms with van der Waals surface area (Å²) in [5, 5.41) is 4.35. The first kappa shape index (κ1) is 20.0. The Morgan fingerprint density at radius 3 is 2.37 bits per heavy atom. The van der Waals surface area contributed by atoms with Gasteiger partial charge in [-0.05, 0) is 61.1 Å². The molecule has 1 N–H and O–H groups in total. The summed E-state index contributed by atoms with van der Waals surface area (Å²) in [5.41, 5.74) is 1.73. The zero-order valence-electron chi connectivity index (χ0n) is 14.7. The van der Waals surface area contributed by atoms with Crippen LogP contribution in [-0.4, -0.2) is 48.9 Å². The Bertz CT molecular complexity index is 944. The van der Waals surface area contributed by atoms with Gasteiger partial charge in [-0.15, -0.1) is 0 Å². The number of anilines is 1. The fraction of sp³-hybridized carbons (Fsp3) is 0.278. The van der Waals surface area contributed by atoms with Gasteiger partial charge in [0, 0.05) is 36.9 Å². The Kier molecular flexibility index (Phi) is 6.00. The summed E-state index contributed by atoms with van der Waals surface area (Å²) in [4.78, 5) is 2.01. The Balaban J connectivity index is 1.63. The van der Waals surface area contributed by atoms with Crippen LogP contribution >= 0.6 is 23.8 Å². The molecular formula is C18H19ClFN3O2S2. The minimum Gasteiger partial charge on any atom is -0.346 e. The van der Waals surface area contributed by atoms with E-state index in [4.69, 9.17) is 23.8 Å². The maximum absolute atomic E-state index is 13.0. The molecule has 0 unspecified atom stereocenters. The smallest absolute Gasteiger partial charge is 0.243 e. The number of halogens is 2. The molecule has 0 aromatic heterocycles. The van der Waals surface area contributed by atoms with E-state index in [-0.39, 0.29) is 4.90 Å². The molecule has 0 saturated carbocycles. The number of piperazine rings is 1. The lowest BCUT2D eigenvalue weighted by molar-refractivity contribution is 0.268. The minimum absolute atomic E-state index is 0.0904. The zero-order chi connectivity index (χ0) is 19.6. The average molecular weight is 428 g/mol. The van der Waals surface area contributed by atoms with Crippen LogP contribution in [0.3, 0.4) is 0 Å². The standard InChI is InChI=1S/C18H19ClFN3O2S2/c1-13-16(19)3-2-4-17(13)21-18(26)22-9-11-23(12-10-22)27(24,25)15-7-5-14(20)6-8-15/h2-8H,9-12H2,1H3,(H,21,26). The summed E-state index contributed by atoms with van der Waals surface area (Å²) >= 11 is 11.6. The normalized spacial score (nSPS) is 15.6. The van der Waals surface area contributed by atoms with Crippen molar-refractivity contribution < 1.29 is 12.8 Å². The highest BCUT2D eigenvalue weighted by atomic mass is 35.5. The number of nitrogens with zero attached hydrogens (tertiary/aromatic N) is 2. The van der Waals surface area contributed by atoms with Crippen molar-refractivity contribution in [2.45, 2.75) is 11.8 Å². The number of benzene rings is 2. The molecule has 144 valence electrons. The summed E-state index contributed by atoms with van der Waals surface area (Å²) in [6.07, 6.45) is 0. The van der Waals surface area contributed by atoms with Crippen LogP contribution in [0.4, 0.5) is 10.1 Å². The van der Waals surface area contributed by atoms with E-state index in [9.17, 15) is 12.8 Å². The fourth-order valence-corrected chi connectivity index (χ4v) is 4.71. The lowest BCUT2D eigenvalue weighted by atomic mass is 10.2. The number of thiocarbonyl (C=S) groups is 1. The second kappa shape index (κ2) is 8.10. The highest BCUT2D eigenvalue weighted by Crippen LogP contribution is 2.24. The molecule has 0 spiro atoms. The van der Waals surface area contributed by atoms with Crippen LogP contribution in [0.5, 0.6) is 0 Å². The van der Waals surface area contributed by atoms with Crippen molar-refractivity contribution in [3.8, 4) is 0 Å². The van der Waals surface area contributed by atoms with Gasteiger partial charge in [0.05, 0.1) is 4.90 Å². The molecule has 1 heterocycles. The van der Waals surface area contributed by atoms with Crippen molar-refractivity contribution in [2.75, 3.05) is 31.5 Å². The van der Waals surface area contributed by atoms with E-state index in [1.54, 1.807) is 0 Å². The number of hydrogen-bond acceptors (Lipinski definition) is 3. The van der Waals surface area contributed by atoms with E-state index < -0.39 is 15.8 Å². The fourth-order valence-electron chi connectivity index (χ4n) is 2.82. The van der Waals surface area contributed by atoms with Gasteiger partial charge in [0.2, 0.25) is 10.0 Å². The highest BCUT2D eigenvalue weighted by Gasteiger charge is 2.29. The number of sulfonamides is 1. The third kappa shape index (κ3) is 4.40. The lowest BCUT2D eigenvalue weighted by Crippen LogP contribution is -2.51. The van der Waals surface area contributed by atoms with Crippen LogP contribution in [-0.2, 0) is 10.0 Å². The van der Waals surface area contributed by atoms with Gasteiger partial charge in [-0.3, -0.25) is 0 Å². The third-order valence-electron chi connectivity index (χ3n) is 4.49. The maximum Gasteiger partial charge on any atom is 0.243 e. The van der Waals surface area contributed by atoms with Crippen molar-refractivity contribution in [1.29, 1.82) is 0 Å². The minimum atomic E-state index is -3.64. The second-order valence-electron chi connectivity index (χ2n) is 6.19. The van der Waals surface area contributed by atoms with Crippen LogP contribution in [0.15, 0.2) is 47.4 Å². The van der Waals surface area contributed by atoms with Gasteiger partial charge in [-0.1, -0.05) is 17.7 Å². The number of rotatable bonds is 3. The molecule has 0 bridgehead atoms. The van der Waals surface area contributed by atoms with Crippen LogP contribution in [0.1, 0.15) is 5.56 Å². The van der Waals surface area contributed by atoms with E-state index in [1.807, 2.05) is 30.0 Å². The van der Waals surface area contributed by atoms with Crippen molar-refractivity contribution in [2.24, 2.45) is 0 Å².